The number of halogens is 1. The monoisotopic (exact) mass is 329 g/mol. The Kier molecular flexibility index (Phi) is 8.82. The van der Waals surface area contributed by atoms with Crippen LogP contribution in [0, 0.1) is 0 Å². The maximum absolute atomic E-state index is 3.59. The molecule has 0 bridgehead atoms. The Balaban J connectivity index is 2.36. The van der Waals surface area contributed by atoms with Gasteiger partial charge in [0.1, 0.15) is 0 Å². The van der Waals surface area contributed by atoms with Crippen molar-refractivity contribution in [3.8, 4) is 0 Å². The molecular formula is C15H24BrNS. The van der Waals surface area contributed by atoms with E-state index < -0.39 is 0 Å². The van der Waals surface area contributed by atoms with Gasteiger partial charge in [-0.15, -0.1) is 11.8 Å². The zero-order valence-electron chi connectivity index (χ0n) is 11.4. The van der Waals surface area contributed by atoms with E-state index >= 15 is 0 Å². The van der Waals surface area contributed by atoms with E-state index in [0.717, 1.165) is 12.3 Å². The number of benzene rings is 1. The van der Waals surface area contributed by atoms with Crippen LogP contribution in [0.25, 0.3) is 0 Å². The van der Waals surface area contributed by atoms with Crippen LogP contribution in [0.1, 0.15) is 39.5 Å². The van der Waals surface area contributed by atoms with Gasteiger partial charge in [-0.05, 0) is 31.2 Å². The van der Waals surface area contributed by atoms with Gasteiger partial charge >= 0.3 is 0 Å². The molecular weight excluding hydrogens is 306 g/mol. The van der Waals surface area contributed by atoms with Gasteiger partial charge in [0.25, 0.3) is 0 Å². The fraction of sp³-hybridized carbons (Fsp3) is 0.600. The first-order chi connectivity index (χ1) is 8.76. The molecule has 0 fully saturated rings. The highest BCUT2D eigenvalue weighted by Crippen LogP contribution is 2.23. The van der Waals surface area contributed by atoms with Crippen molar-refractivity contribution in [1.82, 2.24) is 5.32 Å². The Labute approximate surface area is 124 Å². The number of unbranched alkanes of at least 4 members (excludes halogenated alkanes) is 2. The van der Waals surface area contributed by atoms with Crippen LogP contribution >= 0.6 is 27.7 Å². The molecule has 102 valence electrons. The van der Waals surface area contributed by atoms with Crippen molar-refractivity contribution in [3.63, 3.8) is 0 Å². The molecule has 0 radical (unpaired) electrons. The lowest BCUT2D eigenvalue weighted by molar-refractivity contribution is 0.506. The van der Waals surface area contributed by atoms with Crippen LogP contribution in [0.2, 0.25) is 0 Å². The fourth-order valence-corrected chi connectivity index (χ4v) is 3.54. The number of hydrogen-bond donors (Lipinski definition) is 1. The summed E-state index contributed by atoms with van der Waals surface area (Å²) in [4.78, 5) is 1.35. The van der Waals surface area contributed by atoms with Gasteiger partial charge in [0, 0.05) is 21.2 Å². The van der Waals surface area contributed by atoms with Crippen molar-refractivity contribution in [2.24, 2.45) is 0 Å². The molecule has 0 aliphatic heterocycles. The van der Waals surface area contributed by atoms with Crippen LogP contribution < -0.4 is 5.32 Å². The maximum Gasteiger partial charge on any atom is 0.0186 e. The normalized spacial score (nSPS) is 12.6. The topological polar surface area (TPSA) is 12.0 Å². The highest BCUT2D eigenvalue weighted by atomic mass is 79.9. The Hall–Kier alpha value is 0.01000. The molecule has 0 aliphatic rings. The van der Waals surface area contributed by atoms with E-state index in [-0.39, 0.29) is 0 Å². The van der Waals surface area contributed by atoms with E-state index in [1.807, 2.05) is 11.8 Å². The second-order valence-electron chi connectivity index (χ2n) is 4.52. The lowest BCUT2D eigenvalue weighted by atomic mass is 10.1. The third-order valence-corrected chi connectivity index (χ3v) is 4.55. The second-order valence-corrected chi connectivity index (χ2v) is 6.53. The smallest absolute Gasteiger partial charge is 0.0186 e. The fourth-order valence-electron chi connectivity index (χ4n) is 1.93. The lowest BCUT2D eigenvalue weighted by Crippen LogP contribution is -2.31. The number of nitrogens with one attached hydrogen (secondary N) is 1. The molecule has 0 saturated heterocycles. The van der Waals surface area contributed by atoms with Gasteiger partial charge in [-0.3, -0.25) is 0 Å². The van der Waals surface area contributed by atoms with Crippen molar-refractivity contribution in [3.05, 3.63) is 28.7 Å². The molecule has 0 heterocycles. The molecule has 1 unspecified atom stereocenters. The van der Waals surface area contributed by atoms with Crippen LogP contribution in [-0.2, 0) is 0 Å². The first-order valence-corrected chi connectivity index (χ1v) is 8.65. The van der Waals surface area contributed by atoms with Crippen molar-refractivity contribution < 1.29 is 0 Å². The number of rotatable bonds is 9. The Bertz CT molecular complexity index is 330. The molecule has 1 aromatic rings. The Morgan fingerprint density at radius 3 is 2.78 bits per heavy atom. The van der Waals surface area contributed by atoms with E-state index in [4.69, 9.17) is 0 Å². The highest BCUT2D eigenvalue weighted by molar-refractivity contribution is 9.10. The molecule has 0 aromatic heterocycles. The Morgan fingerprint density at radius 2 is 2.11 bits per heavy atom. The van der Waals surface area contributed by atoms with Gasteiger partial charge in [0.15, 0.2) is 0 Å². The summed E-state index contributed by atoms with van der Waals surface area (Å²) in [5.41, 5.74) is 0. The first kappa shape index (κ1) is 16.1. The summed E-state index contributed by atoms with van der Waals surface area (Å²) in [6.45, 7) is 5.52. The average molecular weight is 330 g/mol. The summed E-state index contributed by atoms with van der Waals surface area (Å²) in [7, 11) is 0. The summed E-state index contributed by atoms with van der Waals surface area (Å²) in [6.07, 6.45) is 5.29. The summed E-state index contributed by atoms with van der Waals surface area (Å²) in [5.74, 6) is 1.16. The zero-order valence-corrected chi connectivity index (χ0v) is 13.8. The number of thioether (sulfide) groups is 1. The number of hydrogen-bond acceptors (Lipinski definition) is 2. The van der Waals surface area contributed by atoms with Gasteiger partial charge in [-0.2, -0.15) is 0 Å². The van der Waals surface area contributed by atoms with Crippen LogP contribution in [0.3, 0.4) is 0 Å². The predicted octanol–water partition coefficient (Wildman–Crippen LogP) is 5.10. The molecule has 18 heavy (non-hydrogen) atoms. The second kappa shape index (κ2) is 9.88. The van der Waals surface area contributed by atoms with Crippen molar-refractivity contribution in [2.75, 3.05) is 12.3 Å². The quantitative estimate of drug-likeness (QED) is 0.499. The summed E-state index contributed by atoms with van der Waals surface area (Å²) in [6, 6.07) is 9.20. The van der Waals surface area contributed by atoms with Crippen molar-refractivity contribution in [2.45, 2.75) is 50.5 Å². The van der Waals surface area contributed by atoms with Gasteiger partial charge in [-0.1, -0.05) is 55.1 Å². The van der Waals surface area contributed by atoms with E-state index in [1.54, 1.807) is 0 Å². The lowest BCUT2D eigenvalue weighted by Gasteiger charge is -2.17. The molecule has 0 aliphatic carbocycles. The van der Waals surface area contributed by atoms with Crippen molar-refractivity contribution >= 4 is 27.7 Å². The molecule has 3 heteroatoms. The van der Waals surface area contributed by atoms with Gasteiger partial charge in [0.05, 0.1) is 0 Å². The maximum atomic E-state index is 3.59. The van der Waals surface area contributed by atoms with Crippen LogP contribution in [-0.4, -0.2) is 18.3 Å². The summed E-state index contributed by atoms with van der Waals surface area (Å²) >= 11 is 5.47. The molecule has 1 nitrogen and oxygen atoms in total. The molecule has 0 amide bonds. The summed E-state index contributed by atoms with van der Waals surface area (Å²) < 4.78 is 1.17. The molecule has 1 N–H and O–H groups in total. The largest absolute Gasteiger partial charge is 0.313 e. The molecule has 1 rings (SSSR count). The molecule has 1 atom stereocenters. The van der Waals surface area contributed by atoms with Crippen LogP contribution in [0.15, 0.2) is 33.6 Å². The van der Waals surface area contributed by atoms with E-state index in [1.165, 1.54) is 35.1 Å². The third-order valence-electron chi connectivity index (χ3n) is 2.90. The highest BCUT2D eigenvalue weighted by Gasteiger charge is 2.07. The average Bonchev–Trinajstić information content (AvgIpc) is 2.36. The van der Waals surface area contributed by atoms with Crippen LogP contribution in [0.5, 0.6) is 0 Å². The molecule has 0 saturated carbocycles. The van der Waals surface area contributed by atoms with Crippen LogP contribution in [0.4, 0.5) is 0 Å². The van der Waals surface area contributed by atoms with E-state index in [0.29, 0.717) is 6.04 Å². The minimum atomic E-state index is 0.644. The third kappa shape index (κ3) is 6.81. The Morgan fingerprint density at radius 1 is 1.28 bits per heavy atom. The van der Waals surface area contributed by atoms with E-state index in [9.17, 15) is 0 Å². The first-order valence-electron chi connectivity index (χ1n) is 6.88. The molecule has 0 spiro atoms. The summed E-state index contributed by atoms with van der Waals surface area (Å²) in [5, 5.41) is 3.59. The SMILES string of the molecule is CCCCCC(CSc1cccc(Br)c1)NCC. The van der Waals surface area contributed by atoms with Gasteiger partial charge in [-0.25, -0.2) is 0 Å². The zero-order chi connectivity index (χ0) is 13.2. The van der Waals surface area contributed by atoms with Gasteiger partial charge < -0.3 is 5.32 Å². The van der Waals surface area contributed by atoms with E-state index in [2.05, 4.69) is 59.4 Å². The molecule has 1 aromatic carbocycles. The van der Waals surface area contributed by atoms with Crippen molar-refractivity contribution in [1.29, 1.82) is 0 Å². The minimum absolute atomic E-state index is 0.644. The van der Waals surface area contributed by atoms with Gasteiger partial charge in [0.2, 0.25) is 0 Å². The predicted molar refractivity (Wildman–Crippen MR) is 86.5 cm³/mol. The standard InChI is InChI=1S/C15H24BrNS/c1-3-5-6-9-14(17-4-2)12-18-15-10-7-8-13(16)11-15/h7-8,10-11,14,17H,3-6,9,12H2,1-2H3. The minimum Gasteiger partial charge on any atom is -0.313 e.